The first-order valence-corrected chi connectivity index (χ1v) is 10.5. The fraction of sp³-hybridized carbons (Fsp3) is 0.136. The maximum atomic E-state index is 13.1. The predicted molar refractivity (Wildman–Crippen MR) is 116 cm³/mol. The molecule has 0 aliphatic rings. The van der Waals surface area contributed by atoms with E-state index in [1.165, 1.54) is 52.3 Å². The van der Waals surface area contributed by atoms with Crippen LogP contribution in [0.1, 0.15) is 38.3 Å². The number of aromatic nitrogens is 3. The Morgan fingerprint density at radius 2 is 1.91 bits per heavy atom. The molecule has 0 aliphatic carbocycles. The number of para-hydroxylation sites is 1. The minimum absolute atomic E-state index is 0.131. The monoisotopic (exact) mass is 452 g/mol. The van der Waals surface area contributed by atoms with Gasteiger partial charge in [0.25, 0.3) is 11.5 Å². The molecule has 0 unspecified atom stereocenters. The highest BCUT2D eigenvalue weighted by molar-refractivity contribution is 7.16. The summed E-state index contributed by atoms with van der Waals surface area (Å²) in [7, 11) is 0. The lowest BCUT2D eigenvalue weighted by atomic mass is 10.1. The quantitative estimate of drug-likeness (QED) is 0.450. The molecule has 0 aliphatic heterocycles. The van der Waals surface area contributed by atoms with E-state index in [0.717, 1.165) is 5.01 Å². The molecule has 0 saturated carbocycles. The Balaban J connectivity index is 1.49. The van der Waals surface area contributed by atoms with Crippen molar-refractivity contribution >= 4 is 33.9 Å². The molecule has 0 saturated heterocycles. The van der Waals surface area contributed by atoms with Gasteiger partial charge in [0.15, 0.2) is 0 Å². The number of aryl methyl sites for hydroxylation is 1. The number of amides is 1. The zero-order chi connectivity index (χ0) is 22.7. The standard InChI is InChI=1S/C22H17FN4O4S/c1-2-18-26-27-19(28)11-15(24-22(27)32-18)12-31-21(30)16-5-3-4-6-17(16)25-20(29)13-7-9-14(23)10-8-13/h3-11H,2,12H2,1H3,(H,25,29). The zero-order valence-electron chi connectivity index (χ0n) is 16.9. The number of benzene rings is 2. The Bertz CT molecular complexity index is 1360. The minimum Gasteiger partial charge on any atom is -0.456 e. The second kappa shape index (κ2) is 9.06. The second-order valence-electron chi connectivity index (χ2n) is 6.71. The molecule has 0 atom stereocenters. The van der Waals surface area contributed by atoms with Gasteiger partial charge < -0.3 is 10.1 Å². The van der Waals surface area contributed by atoms with Crippen LogP contribution >= 0.6 is 11.3 Å². The number of esters is 1. The topological polar surface area (TPSA) is 103 Å². The van der Waals surface area contributed by atoms with Crippen LogP contribution in [-0.2, 0) is 17.8 Å². The number of halogens is 1. The molecule has 32 heavy (non-hydrogen) atoms. The Labute approximate surface area is 185 Å². The van der Waals surface area contributed by atoms with Gasteiger partial charge in [-0.2, -0.15) is 9.61 Å². The number of hydrogen-bond donors (Lipinski definition) is 1. The fourth-order valence-electron chi connectivity index (χ4n) is 2.90. The van der Waals surface area contributed by atoms with Crippen LogP contribution < -0.4 is 10.9 Å². The summed E-state index contributed by atoms with van der Waals surface area (Å²) in [5, 5.41) is 7.58. The van der Waals surface area contributed by atoms with Gasteiger partial charge in [-0.25, -0.2) is 14.2 Å². The fourth-order valence-corrected chi connectivity index (χ4v) is 3.75. The highest BCUT2D eigenvalue weighted by Crippen LogP contribution is 2.19. The maximum absolute atomic E-state index is 13.1. The molecule has 0 spiro atoms. The third kappa shape index (κ3) is 4.54. The van der Waals surface area contributed by atoms with E-state index in [9.17, 15) is 18.8 Å². The molecule has 8 nitrogen and oxygen atoms in total. The molecular formula is C22H17FN4O4S. The van der Waals surface area contributed by atoms with Crippen LogP contribution in [0, 0.1) is 5.82 Å². The second-order valence-corrected chi connectivity index (χ2v) is 7.75. The third-order valence-corrected chi connectivity index (χ3v) is 5.55. The van der Waals surface area contributed by atoms with Crippen LogP contribution in [0.2, 0.25) is 0 Å². The van der Waals surface area contributed by atoms with Crippen LogP contribution in [0.4, 0.5) is 10.1 Å². The van der Waals surface area contributed by atoms with E-state index in [0.29, 0.717) is 17.1 Å². The van der Waals surface area contributed by atoms with Crippen molar-refractivity contribution in [2.24, 2.45) is 0 Å². The number of fused-ring (bicyclic) bond motifs is 1. The number of nitrogens with one attached hydrogen (secondary N) is 1. The van der Waals surface area contributed by atoms with Crippen molar-refractivity contribution in [2.75, 3.05) is 5.32 Å². The van der Waals surface area contributed by atoms with E-state index in [-0.39, 0.29) is 29.0 Å². The number of hydrogen-bond acceptors (Lipinski definition) is 7. The highest BCUT2D eigenvalue weighted by Gasteiger charge is 2.16. The minimum atomic E-state index is -0.694. The van der Waals surface area contributed by atoms with E-state index in [2.05, 4.69) is 15.4 Å². The van der Waals surface area contributed by atoms with Gasteiger partial charge in [-0.3, -0.25) is 9.59 Å². The first kappa shape index (κ1) is 21.3. The number of rotatable bonds is 6. The van der Waals surface area contributed by atoms with Gasteiger partial charge >= 0.3 is 5.97 Å². The number of anilines is 1. The maximum Gasteiger partial charge on any atom is 0.340 e. The van der Waals surface area contributed by atoms with Crippen LogP contribution in [0.25, 0.3) is 4.96 Å². The van der Waals surface area contributed by atoms with E-state index in [1.54, 1.807) is 18.2 Å². The molecule has 2 aromatic carbocycles. The third-order valence-electron chi connectivity index (χ3n) is 4.50. The summed E-state index contributed by atoms with van der Waals surface area (Å²) in [6.07, 6.45) is 0.679. The molecular weight excluding hydrogens is 435 g/mol. The average Bonchev–Trinajstić information content (AvgIpc) is 3.22. The van der Waals surface area contributed by atoms with E-state index >= 15 is 0 Å². The van der Waals surface area contributed by atoms with Gasteiger partial charge in [-0.1, -0.05) is 30.4 Å². The Hall–Kier alpha value is -3.92. The summed E-state index contributed by atoms with van der Waals surface area (Å²) < 4.78 is 19.6. The summed E-state index contributed by atoms with van der Waals surface area (Å²) in [6.45, 7) is 1.71. The van der Waals surface area contributed by atoms with Crippen molar-refractivity contribution in [3.05, 3.63) is 92.6 Å². The largest absolute Gasteiger partial charge is 0.456 e. The highest BCUT2D eigenvalue weighted by atomic mass is 32.1. The smallest absolute Gasteiger partial charge is 0.340 e. The summed E-state index contributed by atoms with van der Waals surface area (Å²) in [6, 6.07) is 12.6. The number of carbonyl (C=O) groups excluding carboxylic acids is 2. The van der Waals surface area contributed by atoms with Gasteiger partial charge in [0, 0.05) is 11.6 Å². The van der Waals surface area contributed by atoms with Gasteiger partial charge in [-0.05, 0) is 42.8 Å². The van der Waals surface area contributed by atoms with Crippen molar-refractivity contribution in [3.8, 4) is 0 Å². The molecule has 162 valence electrons. The number of nitrogens with zero attached hydrogens (tertiary/aromatic N) is 3. The van der Waals surface area contributed by atoms with Gasteiger partial charge in [-0.15, -0.1) is 0 Å². The van der Waals surface area contributed by atoms with Crippen LogP contribution in [-0.4, -0.2) is 26.5 Å². The molecule has 0 fully saturated rings. The lowest BCUT2D eigenvalue weighted by Gasteiger charge is -2.11. The average molecular weight is 452 g/mol. The van der Waals surface area contributed by atoms with Crippen molar-refractivity contribution in [3.63, 3.8) is 0 Å². The van der Waals surface area contributed by atoms with Gasteiger partial charge in [0.05, 0.1) is 16.9 Å². The van der Waals surface area contributed by atoms with Crippen molar-refractivity contribution < 1.29 is 18.7 Å². The van der Waals surface area contributed by atoms with Crippen LogP contribution in [0.5, 0.6) is 0 Å². The molecule has 1 N–H and O–H groups in total. The van der Waals surface area contributed by atoms with E-state index in [4.69, 9.17) is 4.74 Å². The van der Waals surface area contributed by atoms with E-state index < -0.39 is 17.7 Å². The molecule has 1 amide bonds. The molecule has 10 heteroatoms. The lowest BCUT2D eigenvalue weighted by Crippen LogP contribution is -2.18. The molecule has 4 aromatic rings. The van der Waals surface area contributed by atoms with Gasteiger partial charge in [0.2, 0.25) is 4.96 Å². The normalized spacial score (nSPS) is 10.8. The summed E-state index contributed by atoms with van der Waals surface area (Å²) in [4.78, 5) is 42.1. The molecule has 2 heterocycles. The SMILES string of the molecule is CCc1nn2c(=O)cc(COC(=O)c3ccccc3NC(=O)c3ccc(F)cc3)nc2s1. The molecule has 0 bridgehead atoms. The number of carbonyl (C=O) groups is 2. The Kier molecular flexibility index (Phi) is 6.04. The molecule has 4 rings (SSSR count). The number of ether oxygens (including phenoxy) is 1. The predicted octanol–water partition coefficient (Wildman–Crippen LogP) is 3.46. The lowest BCUT2D eigenvalue weighted by molar-refractivity contribution is 0.0469. The first-order valence-electron chi connectivity index (χ1n) is 9.66. The summed E-state index contributed by atoms with van der Waals surface area (Å²) in [5.41, 5.74) is 0.548. The van der Waals surface area contributed by atoms with Crippen LogP contribution in [0.3, 0.4) is 0 Å². The van der Waals surface area contributed by atoms with Gasteiger partial charge in [0.1, 0.15) is 17.4 Å². The van der Waals surface area contributed by atoms with Crippen molar-refractivity contribution in [2.45, 2.75) is 20.0 Å². The van der Waals surface area contributed by atoms with Crippen molar-refractivity contribution in [1.82, 2.24) is 14.6 Å². The van der Waals surface area contributed by atoms with E-state index in [1.807, 2.05) is 6.92 Å². The first-order chi connectivity index (χ1) is 15.4. The Morgan fingerprint density at radius 1 is 1.16 bits per heavy atom. The zero-order valence-corrected chi connectivity index (χ0v) is 17.7. The molecule has 2 aromatic heterocycles. The Morgan fingerprint density at radius 3 is 2.66 bits per heavy atom. The summed E-state index contributed by atoms with van der Waals surface area (Å²) in [5.74, 6) is -1.65. The van der Waals surface area contributed by atoms with Crippen molar-refractivity contribution in [1.29, 1.82) is 0 Å². The van der Waals surface area contributed by atoms with Crippen LogP contribution in [0.15, 0.2) is 59.4 Å². The summed E-state index contributed by atoms with van der Waals surface area (Å²) >= 11 is 1.29. The molecule has 0 radical (unpaired) electrons.